The first-order valence-corrected chi connectivity index (χ1v) is 9.34. The maximum atomic E-state index is 11.5. The summed E-state index contributed by atoms with van der Waals surface area (Å²) in [5.41, 5.74) is 1.11. The zero-order chi connectivity index (χ0) is 14.8. The van der Waals surface area contributed by atoms with Crippen LogP contribution in [0.5, 0.6) is 0 Å². The van der Waals surface area contributed by atoms with E-state index in [1.54, 1.807) is 5.41 Å². The molecule has 1 aliphatic rings. The predicted molar refractivity (Wildman–Crippen MR) is 93.0 cm³/mol. The first-order chi connectivity index (χ1) is 10.2. The number of fused-ring (bicyclic) bond motifs is 1. The van der Waals surface area contributed by atoms with Crippen LogP contribution in [0, 0.1) is 0 Å². The molecule has 1 aromatic heterocycles. The Morgan fingerprint density at radius 2 is 2.29 bits per heavy atom. The summed E-state index contributed by atoms with van der Waals surface area (Å²) in [5, 5.41) is 3.11. The number of likely N-dealkylation sites (N-methyl/N-ethyl adjacent to an activating group) is 1. The van der Waals surface area contributed by atoms with Gasteiger partial charge in [-0.15, -0.1) is 11.3 Å². The third-order valence-electron chi connectivity index (χ3n) is 3.79. The van der Waals surface area contributed by atoms with Gasteiger partial charge in [0.05, 0.1) is 11.8 Å². The normalized spacial score (nSPS) is 21.0. The van der Waals surface area contributed by atoms with Gasteiger partial charge in [0.2, 0.25) is 0 Å². The number of benzene rings is 1. The third kappa shape index (κ3) is 3.11. The molecule has 0 saturated heterocycles. The van der Waals surface area contributed by atoms with Crippen LogP contribution < -0.4 is 0 Å². The minimum Gasteiger partial charge on any atom is -0.368 e. The van der Waals surface area contributed by atoms with E-state index in [2.05, 4.69) is 54.8 Å². The quantitative estimate of drug-likeness (QED) is 0.833. The highest BCUT2D eigenvalue weighted by molar-refractivity contribution is 7.88. The van der Waals surface area contributed by atoms with Gasteiger partial charge in [-0.25, -0.2) is 0 Å². The van der Waals surface area contributed by atoms with E-state index in [1.165, 1.54) is 15.0 Å². The van der Waals surface area contributed by atoms with E-state index < -0.39 is 10.8 Å². The molecular formula is C17H19NOS2. The average Bonchev–Trinajstić information content (AvgIpc) is 3.05. The van der Waals surface area contributed by atoms with Gasteiger partial charge in [0.15, 0.2) is 0 Å². The van der Waals surface area contributed by atoms with Crippen LogP contribution in [0.25, 0.3) is 10.1 Å². The minimum absolute atomic E-state index is 0.234. The summed E-state index contributed by atoms with van der Waals surface area (Å²) in [6.07, 6.45) is 2.92. The summed E-state index contributed by atoms with van der Waals surface area (Å²) in [5.74, 6) is 0.694. The van der Waals surface area contributed by atoms with Crippen LogP contribution in [0.4, 0.5) is 0 Å². The highest BCUT2D eigenvalue weighted by Crippen LogP contribution is 2.28. The summed E-state index contributed by atoms with van der Waals surface area (Å²) in [6.45, 7) is 7.29. The van der Waals surface area contributed by atoms with Crippen LogP contribution in [0.1, 0.15) is 11.8 Å². The maximum absolute atomic E-state index is 11.5. The van der Waals surface area contributed by atoms with E-state index in [-0.39, 0.29) is 6.04 Å². The molecule has 110 valence electrons. The second-order valence-electron chi connectivity index (χ2n) is 5.22. The van der Waals surface area contributed by atoms with Crippen molar-refractivity contribution in [3.8, 4) is 0 Å². The first kappa shape index (κ1) is 14.5. The Morgan fingerprint density at radius 3 is 2.95 bits per heavy atom. The maximum Gasteiger partial charge on any atom is 0.0597 e. The molecule has 0 N–H and O–H groups in total. The predicted octanol–water partition coefficient (Wildman–Crippen LogP) is 3.92. The van der Waals surface area contributed by atoms with Crippen LogP contribution >= 0.6 is 11.3 Å². The van der Waals surface area contributed by atoms with Gasteiger partial charge < -0.3 is 4.90 Å². The SMILES string of the molecule is C=C(Cc1cc2ccccc2s1)N(CC)C1C=CS(=O)C1. The Bertz CT molecular complexity index is 683. The van der Waals surface area contributed by atoms with E-state index in [0.717, 1.165) is 18.7 Å². The molecule has 2 heterocycles. The van der Waals surface area contributed by atoms with Crippen LogP contribution in [0.3, 0.4) is 0 Å². The average molecular weight is 317 g/mol. The van der Waals surface area contributed by atoms with E-state index in [4.69, 9.17) is 0 Å². The molecule has 2 nitrogen and oxygen atoms in total. The van der Waals surface area contributed by atoms with E-state index in [9.17, 15) is 4.21 Å². The van der Waals surface area contributed by atoms with Gasteiger partial charge in [-0.2, -0.15) is 0 Å². The molecule has 0 amide bonds. The van der Waals surface area contributed by atoms with E-state index in [0.29, 0.717) is 5.75 Å². The monoisotopic (exact) mass is 317 g/mol. The highest BCUT2D eigenvalue weighted by Gasteiger charge is 2.22. The number of rotatable bonds is 5. The number of hydrogen-bond donors (Lipinski definition) is 0. The summed E-state index contributed by atoms with van der Waals surface area (Å²) < 4.78 is 12.9. The van der Waals surface area contributed by atoms with Crippen LogP contribution in [0.15, 0.2) is 54.1 Å². The molecule has 0 aliphatic carbocycles. The van der Waals surface area contributed by atoms with Crippen molar-refractivity contribution in [1.82, 2.24) is 4.90 Å². The second-order valence-corrected chi connectivity index (χ2v) is 7.76. The van der Waals surface area contributed by atoms with Gasteiger partial charge >= 0.3 is 0 Å². The van der Waals surface area contributed by atoms with E-state index >= 15 is 0 Å². The molecule has 0 fully saturated rings. The molecule has 3 rings (SSSR count). The zero-order valence-electron chi connectivity index (χ0n) is 12.1. The topological polar surface area (TPSA) is 20.3 Å². The van der Waals surface area contributed by atoms with Gasteiger partial charge in [-0.1, -0.05) is 30.9 Å². The van der Waals surface area contributed by atoms with Gasteiger partial charge in [0, 0.05) is 44.4 Å². The Hall–Kier alpha value is -1.39. The van der Waals surface area contributed by atoms with E-state index in [1.807, 2.05) is 11.3 Å². The standard InChI is InChI=1S/C17H19NOS2/c1-3-18(15-8-9-21(19)12-15)13(2)10-16-11-14-6-4-5-7-17(14)20-16/h4-9,11,15H,2-3,10,12H2,1H3. The van der Waals surface area contributed by atoms with Crippen molar-refractivity contribution in [2.75, 3.05) is 12.3 Å². The van der Waals surface area contributed by atoms with Crippen molar-refractivity contribution in [1.29, 1.82) is 0 Å². The zero-order valence-corrected chi connectivity index (χ0v) is 13.8. The molecule has 4 heteroatoms. The van der Waals surface area contributed by atoms with Crippen molar-refractivity contribution in [2.24, 2.45) is 0 Å². The first-order valence-electron chi connectivity index (χ1n) is 7.14. The molecule has 1 aromatic carbocycles. The molecule has 0 saturated carbocycles. The lowest BCUT2D eigenvalue weighted by atomic mass is 10.2. The summed E-state index contributed by atoms with van der Waals surface area (Å²) >= 11 is 1.83. The van der Waals surface area contributed by atoms with Crippen molar-refractivity contribution in [3.63, 3.8) is 0 Å². The molecule has 0 bridgehead atoms. The molecule has 0 spiro atoms. The van der Waals surface area contributed by atoms with Crippen molar-refractivity contribution < 1.29 is 4.21 Å². The van der Waals surface area contributed by atoms with Gasteiger partial charge in [0.1, 0.15) is 0 Å². The number of allylic oxidation sites excluding steroid dienone is 1. The molecule has 21 heavy (non-hydrogen) atoms. The summed E-state index contributed by atoms with van der Waals surface area (Å²) in [7, 11) is -0.811. The molecule has 2 unspecified atom stereocenters. The van der Waals surface area contributed by atoms with Gasteiger partial charge in [-0.3, -0.25) is 4.21 Å². The number of nitrogens with zero attached hydrogens (tertiary/aromatic N) is 1. The summed E-state index contributed by atoms with van der Waals surface area (Å²) in [4.78, 5) is 3.61. The highest BCUT2D eigenvalue weighted by atomic mass is 32.2. The van der Waals surface area contributed by atoms with Crippen LogP contribution in [0.2, 0.25) is 0 Å². The second kappa shape index (κ2) is 6.16. The number of thiophene rings is 1. The Kier molecular flexibility index (Phi) is 4.27. The Morgan fingerprint density at radius 1 is 1.48 bits per heavy atom. The smallest absolute Gasteiger partial charge is 0.0597 e. The molecule has 1 aliphatic heterocycles. The minimum atomic E-state index is -0.811. The Balaban J connectivity index is 1.75. The van der Waals surface area contributed by atoms with Gasteiger partial charge in [-0.05, 0) is 24.4 Å². The third-order valence-corrected chi connectivity index (χ3v) is 6.04. The fraction of sp³-hybridized carbons (Fsp3) is 0.294. The molecule has 2 aromatic rings. The largest absolute Gasteiger partial charge is 0.368 e. The lowest BCUT2D eigenvalue weighted by Gasteiger charge is -2.30. The molecular weight excluding hydrogens is 298 g/mol. The molecule has 0 radical (unpaired) electrons. The fourth-order valence-electron chi connectivity index (χ4n) is 2.77. The van der Waals surface area contributed by atoms with Crippen molar-refractivity contribution in [3.05, 3.63) is 59.0 Å². The van der Waals surface area contributed by atoms with Gasteiger partial charge in [0.25, 0.3) is 0 Å². The fourth-order valence-corrected chi connectivity index (χ4v) is 4.96. The summed E-state index contributed by atoms with van der Waals surface area (Å²) in [6, 6.07) is 10.9. The van der Waals surface area contributed by atoms with Crippen molar-refractivity contribution in [2.45, 2.75) is 19.4 Å². The molecule has 2 atom stereocenters. The Labute approximate surface area is 132 Å². The van der Waals surface area contributed by atoms with Crippen LogP contribution in [-0.4, -0.2) is 27.4 Å². The lowest BCUT2D eigenvalue weighted by molar-refractivity contribution is 0.323. The number of hydrogen-bond acceptors (Lipinski definition) is 3. The lowest BCUT2D eigenvalue weighted by Crippen LogP contribution is -2.34. The van der Waals surface area contributed by atoms with Crippen LogP contribution in [-0.2, 0) is 17.2 Å². The van der Waals surface area contributed by atoms with Crippen molar-refractivity contribution >= 4 is 32.2 Å².